The third-order valence-corrected chi connectivity index (χ3v) is 3.39. The monoisotopic (exact) mass is 313 g/mol. The molecule has 0 heterocycles. The van der Waals surface area contributed by atoms with E-state index < -0.39 is 0 Å². The zero-order valence-corrected chi connectivity index (χ0v) is 13.7. The first-order chi connectivity index (χ1) is 11.2. The van der Waals surface area contributed by atoms with Crippen LogP contribution in [0.25, 0.3) is 0 Å². The van der Waals surface area contributed by atoms with E-state index in [1.807, 2.05) is 50.2 Å². The topological polar surface area (TPSA) is 47.6 Å². The van der Waals surface area contributed by atoms with Gasteiger partial charge in [-0.25, -0.2) is 0 Å². The number of para-hydroxylation sites is 1. The number of ether oxygens (including phenoxy) is 2. The predicted molar refractivity (Wildman–Crippen MR) is 90.8 cm³/mol. The molecule has 1 N–H and O–H groups in total. The average molecular weight is 313 g/mol. The van der Waals surface area contributed by atoms with Crippen LogP contribution in [-0.2, 0) is 11.3 Å². The van der Waals surface area contributed by atoms with Gasteiger partial charge in [0.1, 0.15) is 12.4 Å². The Balaban J connectivity index is 1.94. The van der Waals surface area contributed by atoms with Crippen LogP contribution in [0.4, 0.5) is 0 Å². The smallest absolute Gasteiger partial charge is 0.255 e. The molecule has 0 aliphatic carbocycles. The van der Waals surface area contributed by atoms with E-state index in [4.69, 9.17) is 9.47 Å². The average Bonchev–Trinajstić information content (AvgIpc) is 2.58. The Morgan fingerprint density at radius 2 is 1.78 bits per heavy atom. The van der Waals surface area contributed by atoms with Gasteiger partial charge in [0.05, 0.1) is 12.2 Å². The van der Waals surface area contributed by atoms with E-state index in [1.54, 1.807) is 12.1 Å². The molecule has 0 fully saturated rings. The van der Waals surface area contributed by atoms with E-state index in [-0.39, 0.29) is 5.91 Å². The van der Waals surface area contributed by atoms with E-state index in [0.29, 0.717) is 37.7 Å². The Hall–Kier alpha value is -2.33. The lowest BCUT2D eigenvalue weighted by Gasteiger charge is -2.12. The van der Waals surface area contributed by atoms with Crippen molar-refractivity contribution in [1.29, 1.82) is 0 Å². The Labute approximate surface area is 137 Å². The highest BCUT2D eigenvalue weighted by Crippen LogP contribution is 2.18. The normalized spacial score (nSPS) is 10.3. The van der Waals surface area contributed by atoms with Gasteiger partial charge in [0, 0.05) is 13.2 Å². The van der Waals surface area contributed by atoms with Crippen LogP contribution in [0.3, 0.4) is 0 Å². The fourth-order valence-electron chi connectivity index (χ4n) is 2.12. The van der Waals surface area contributed by atoms with Crippen molar-refractivity contribution < 1.29 is 14.3 Å². The number of hydrogen-bond donors (Lipinski definition) is 1. The number of rotatable bonds is 8. The van der Waals surface area contributed by atoms with E-state index in [0.717, 1.165) is 5.56 Å². The first kappa shape index (κ1) is 17.0. The maximum atomic E-state index is 12.4. The third-order valence-electron chi connectivity index (χ3n) is 3.39. The molecule has 0 atom stereocenters. The van der Waals surface area contributed by atoms with Crippen LogP contribution >= 0.6 is 0 Å². The molecule has 23 heavy (non-hydrogen) atoms. The van der Waals surface area contributed by atoms with Crippen molar-refractivity contribution in [3.63, 3.8) is 0 Å². The van der Waals surface area contributed by atoms with Gasteiger partial charge in [0.15, 0.2) is 0 Å². The minimum Gasteiger partial charge on any atom is -0.490 e. The molecule has 122 valence electrons. The summed E-state index contributed by atoms with van der Waals surface area (Å²) in [6.45, 7) is 6.06. The fourth-order valence-corrected chi connectivity index (χ4v) is 2.12. The van der Waals surface area contributed by atoms with E-state index >= 15 is 0 Å². The molecule has 2 aromatic carbocycles. The van der Waals surface area contributed by atoms with Crippen molar-refractivity contribution in [2.24, 2.45) is 0 Å². The summed E-state index contributed by atoms with van der Waals surface area (Å²) >= 11 is 0. The fraction of sp³-hybridized carbons (Fsp3) is 0.316. The molecule has 0 radical (unpaired) electrons. The molecule has 0 aliphatic heterocycles. The number of carbonyl (C=O) groups excluding carboxylic acids is 1. The van der Waals surface area contributed by atoms with E-state index in [2.05, 4.69) is 5.32 Å². The molecule has 0 aliphatic rings. The summed E-state index contributed by atoms with van der Waals surface area (Å²) in [7, 11) is 0. The van der Waals surface area contributed by atoms with Gasteiger partial charge in [-0.2, -0.15) is 0 Å². The number of aryl methyl sites for hydroxylation is 1. The maximum Gasteiger partial charge on any atom is 0.255 e. The van der Waals surface area contributed by atoms with Crippen LogP contribution in [0.1, 0.15) is 28.4 Å². The lowest BCUT2D eigenvalue weighted by atomic mass is 10.1. The Kier molecular flexibility index (Phi) is 6.63. The van der Waals surface area contributed by atoms with Gasteiger partial charge in [0.25, 0.3) is 5.91 Å². The van der Waals surface area contributed by atoms with Crippen molar-refractivity contribution in [3.05, 3.63) is 65.2 Å². The van der Waals surface area contributed by atoms with Crippen LogP contribution in [-0.4, -0.2) is 25.7 Å². The van der Waals surface area contributed by atoms with E-state index in [1.165, 1.54) is 5.56 Å². The second kappa shape index (κ2) is 8.96. The SMILES string of the molecule is CCOCCOc1ccccc1C(=O)NCc1ccc(C)cc1. The molecule has 2 rings (SSSR count). The molecule has 0 bridgehead atoms. The minimum absolute atomic E-state index is 0.141. The van der Waals surface area contributed by atoms with Crippen molar-refractivity contribution in [1.82, 2.24) is 5.32 Å². The van der Waals surface area contributed by atoms with Crippen LogP contribution in [0.15, 0.2) is 48.5 Å². The van der Waals surface area contributed by atoms with Crippen LogP contribution in [0, 0.1) is 6.92 Å². The van der Waals surface area contributed by atoms with Crippen molar-refractivity contribution in [2.75, 3.05) is 19.8 Å². The highest BCUT2D eigenvalue weighted by atomic mass is 16.5. The van der Waals surface area contributed by atoms with Crippen molar-refractivity contribution >= 4 is 5.91 Å². The van der Waals surface area contributed by atoms with Crippen molar-refractivity contribution in [2.45, 2.75) is 20.4 Å². The summed E-state index contributed by atoms with van der Waals surface area (Å²) in [5, 5.41) is 2.93. The standard InChI is InChI=1S/C19H23NO3/c1-3-22-12-13-23-18-7-5-4-6-17(18)19(21)20-14-16-10-8-15(2)9-11-16/h4-11H,3,12-14H2,1-2H3,(H,20,21). The minimum atomic E-state index is -0.141. The quantitative estimate of drug-likeness (QED) is 0.760. The number of nitrogens with one attached hydrogen (secondary N) is 1. The van der Waals surface area contributed by atoms with Crippen LogP contribution < -0.4 is 10.1 Å². The maximum absolute atomic E-state index is 12.4. The lowest BCUT2D eigenvalue weighted by Crippen LogP contribution is -2.23. The zero-order valence-electron chi connectivity index (χ0n) is 13.7. The number of amides is 1. The lowest BCUT2D eigenvalue weighted by molar-refractivity contribution is 0.0934. The number of hydrogen-bond acceptors (Lipinski definition) is 3. The molecule has 4 heteroatoms. The first-order valence-corrected chi connectivity index (χ1v) is 7.84. The molecule has 2 aromatic rings. The summed E-state index contributed by atoms with van der Waals surface area (Å²) < 4.78 is 10.9. The zero-order chi connectivity index (χ0) is 16.5. The highest BCUT2D eigenvalue weighted by Gasteiger charge is 2.11. The third kappa shape index (κ3) is 5.42. The Morgan fingerprint density at radius 1 is 1.04 bits per heavy atom. The molecule has 0 saturated heterocycles. The Bertz CT molecular complexity index is 623. The number of benzene rings is 2. The van der Waals surface area contributed by atoms with Crippen molar-refractivity contribution in [3.8, 4) is 5.75 Å². The molecule has 1 amide bonds. The first-order valence-electron chi connectivity index (χ1n) is 7.84. The van der Waals surface area contributed by atoms with Crippen LogP contribution in [0.5, 0.6) is 5.75 Å². The van der Waals surface area contributed by atoms with Gasteiger partial charge in [-0.15, -0.1) is 0 Å². The molecular weight excluding hydrogens is 290 g/mol. The largest absolute Gasteiger partial charge is 0.490 e. The summed E-state index contributed by atoms with van der Waals surface area (Å²) in [6.07, 6.45) is 0. The number of carbonyl (C=O) groups is 1. The molecule has 0 unspecified atom stereocenters. The highest BCUT2D eigenvalue weighted by molar-refractivity contribution is 5.96. The predicted octanol–water partition coefficient (Wildman–Crippen LogP) is 3.34. The summed E-state index contributed by atoms with van der Waals surface area (Å²) in [5.41, 5.74) is 2.81. The second-order valence-electron chi connectivity index (χ2n) is 5.21. The van der Waals surface area contributed by atoms with Gasteiger partial charge in [0.2, 0.25) is 0 Å². The van der Waals surface area contributed by atoms with Crippen LogP contribution in [0.2, 0.25) is 0 Å². The van der Waals surface area contributed by atoms with Gasteiger partial charge >= 0.3 is 0 Å². The van der Waals surface area contributed by atoms with Gasteiger partial charge in [-0.1, -0.05) is 42.0 Å². The summed E-state index contributed by atoms with van der Waals surface area (Å²) in [5.74, 6) is 0.436. The summed E-state index contributed by atoms with van der Waals surface area (Å²) in [4.78, 5) is 12.4. The molecule has 4 nitrogen and oxygen atoms in total. The van der Waals surface area contributed by atoms with Gasteiger partial charge < -0.3 is 14.8 Å². The van der Waals surface area contributed by atoms with Gasteiger partial charge in [-0.3, -0.25) is 4.79 Å². The molecule has 0 saturated carbocycles. The summed E-state index contributed by atoms with van der Waals surface area (Å²) in [6, 6.07) is 15.3. The van der Waals surface area contributed by atoms with E-state index in [9.17, 15) is 4.79 Å². The molecule has 0 aromatic heterocycles. The second-order valence-corrected chi connectivity index (χ2v) is 5.21. The molecule has 0 spiro atoms. The molecular formula is C19H23NO3. The van der Waals surface area contributed by atoms with Gasteiger partial charge in [-0.05, 0) is 31.5 Å². The Morgan fingerprint density at radius 3 is 2.52 bits per heavy atom.